The molecular formula is C24H38N8O2. The smallest absolute Gasteiger partial charge is 0.410 e. The van der Waals surface area contributed by atoms with Crippen LogP contribution in [0, 0.1) is 12.8 Å². The molecule has 1 amide bonds. The fourth-order valence-electron chi connectivity index (χ4n) is 4.35. The van der Waals surface area contributed by atoms with Crippen LogP contribution in [0.5, 0.6) is 0 Å². The number of piperidine rings is 1. The summed E-state index contributed by atoms with van der Waals surface area (Å²) in [6, 6.07) is 3.98. The number of likely N-dealkylation sites (tertiary alicyclic amines) is 1. The largest absolute Gasteiger partial charge is 0.444 e. The third-order valence-electron chi connectivity index (χ3n) is 6.29. The number of anilines is 3. The Hall–Kier alpha value is -2.88. The van der Waals surface area contributed by atoms with Crippen LogP contribution in [0.2, 0.25) is 0 Å². The number of H-pyrrole nitrogens is 1. The minimum Gasteiger partial charge on any atom is -0.444 e. The van der Waals surface area contributed by atoms with Gasteiger partial charge in [-0.3, -0.25) is 5.10 Å². The number of hydrogen-bond donors (Lipinski definition) is 2. The summed E-state index contributed by atoms with van der Waals surface area (Å²) >= 11 is 0. The Kier molecular flexibility index (Phi) is 7.25. The molecule has 2 fully saturated rings. The van der Waals surface area contributed by atoms with Crippen molar-refractivity contribution in [3.05, 3.63) is 23.7 Å². The van der Waals surface area contributed by atoms with Crippen LogP contribution in [-0.2, 0) is 11.2 Å². The number of carbonyl (C=O) groups is 1. The Balaban J connectivity index is 1.44. The first-order valence-electron chi connectivity index (χ1n) is 12.2. The zero-order chi connectivity index (χ0) is 24.3. The zero-order valence-corrected chi connectivity index (χ0v) is 21.1. The molecule has 186 valence electrons. The lowest BCUT2D eigenvalue weighted by Gasteiger charge is -2.34. The van der Waals surface area contributed by atoms with Crippen LogP contribution in [0.25, 0.3) is 0 Å². The van der Waals surface area contributed by atoms with Gasteiger partial charge in [0.05, 0.1) is 0 Å². The summed E-state index contributed by atoms with van der Waals surface area (Å²) in [5.74, 6) is 3.73. The lowest BCUT2D eigenvalue weighted by atomic mass is 9.93. The molecule has 2 aromatic heterocycles. The Morgan fingerprint density at radius 1 is 1.09 bits per heavy atom. The van der Waals surface area contributed by atoms with Crippen molar-refractivity contribution in [2.45, 2.75) is 52.6 Å². The third-order valence-corrected chi connectivity index (χ3v) is 6.29. The molecule has 0 saturated carbocycles. The number of rotatable bonds is 5. The van der Waals surface area contributed by atoms with Gasteiger partial charge in [-0.15, -0.1) is 0 Å². The Morgan fingerprint density at radius 3 is 2.41 bits per heavy atom. The highest BCUT2D eigenvalue weighted by atomic mass is 16.6. The fourth-order valence-corrected chi connectivity index (χ4v) is 4.35. The summed E-state index contributed by atoms with van der Waals surface area (Å²) in [5, 5.41) is 10.6. The van der Waals surface area contributed by atoms with E-state index in [4.69, 9.17) is 14.7 Å². The van der Waals surface area contributed by atoms with Crippen molar-refractivity contribution in [3.63, 3.8) is 0 Å². The van der Waals surface area contributed by atoms with Gasteiger partial charge in [0.25, 0.3) is 0 Å². The summed E-state index contributed by atoms with van der Waals surface area (Å²) in [7, 11) is 2.15. The van der Waals surface area contributed by atoms with Gasteiger partial charge < -0.3 is 24.8 Å². The number of amides is 1. The van der Waals surface area contributed by atoms with Crippen molar-refractivity contribution in [1.29, 1.82) is 0 Å². The number of aromatic nitrogens is 4. The number of carbonyl (C=O) groups excluding carboxylic acids is 1. The van der Waals surface area contributed by atoms with Gasteiger partial charge in [0.2, 0.25) is 0 Å². The van der Waals surface area contributed by atoms with Crippen LogP contribution in [-0.4, -0.2) is 88.0 Å². The predicted molar refractivity (Wildman–Crippen MR) is 133 cm³/mol. The van der Waals surface area contributed by atoms with Gasteiger partial charge in [0.1, 0.15) is 23.1 Å². The molecule has 4 rings (SSSR count). The van der Waals surface area contributed by atoms with Gasteiger partial charge in [-0.05, 0) is 53.5 Å². The highest BCUT2D eigenvalue weighted by Crippen LogP contribution is 2.25. The van der Waals surface area contributed by atoms with E-state index in [1.807, 2.05) is 44.7 Å². The molecule has 0 bridgehead atoms. The molecule has 2 aliphatic rings. The first kappa shape index (κ1) is 24.3. The van der Waals surface area contributed by atoms with Gasteiger partial charge in [-0.2, -0.15) is 5.10 Å². The maximum Gasteiger partial charge on any atom is 0.410 e. The SMILES string of the molecule is Cc1cc(Nc2cc(N3CCN(C)CC3)nc(CC3CCN(C(=O)OC(C)(C)C)CC3)n2)n[nH]1. The van der Waals surface area contributed by atoms with Crippen LogP contribution >= 0.6 is 0 Å². The third kappa shape index (κ3) is 6.59. The van der Waals surface area contributed by atoms with E-state index in [1.54, 1.807) is 0 Å². The molecule has 2 aliphatic heterocycles. The molecular weight excluding hydrogens is 432 g/mol. The first-order chi connectivity index (χ1) is 16.1. The van der Waals surface area contributed by atoms with E-state index in [0.29, 0.717) is 19.0 Å². The number of nitrogens with one attached hydrogen (secondary N) is 2. The highest BCUT2D eigenvalue weighted by molar-refractivity contribution is 5.68. The van der Waals surface area contributed by atoms with Crippen molar-refractivity contribution in [3.8, 4) is 0 Å². The van der Waals surface area contributed by atoms with E-state index >= 15 is 0 Å². The molecule has 0 aliphatic carbocycles. The molecule has 10 nitrogen and oxygen atoms in total. The second kappa shape index (κ2) is 10.2. The Labute approximate surface area is 202 Å². The zero-order valence-electron chi connectivity index (χ0n) is 21.1. The van der Waals surface area contributed by atoms with Gasteiger partial charge in [-0.25, -0.2) is 14.8 Å². The second-order valence-corrected chi connectivity index (χ2v) is 10.5. The molecule has 0 spiro atoms. The molecule has 2 saturated heterocycles. The maximum absolute atomic E-state index is 12.4. The fraction of sp³-hybridized carbons (Fsp3) is 0.667. The lowest BCUT2D eigenvalue weighted by Crippen LogP contribution is -2.45. The van der Waals surface area contributed by atoms with E-state index < -0.39 is 5.60 Å². The first-order valence-corrected chi connectivity index (χ1v) is 12.2. The van der Waals surface area contributed by atoms with E-state index in [2.05, 4.69) is 32.4 Å². The molecule has 34 heavy (non-hydrogen) atoms. The number of aryl methyl sites for hydroxylation is 1. The summed E-state index contributed by atoms with van der Waals surface area (Å²) in [6.07, 6.45) is 2.41. The number of ether oxygens (including phenoxy) is 1. The molecule has 10 heteroatoms. The van der Waals surface area contributed by atoms with Gasteiger partial charge >= 0.3 is 6.09 Å². The second-order valence-electron chi connectivity index (χ2n) is 10.5. The maximum atomic E-state index is 12.4. The Bertz CT molecular complexity index is 970. The standard InChI is InChI=1S/C24H38N8O2/c1-17-14-21(29-28-17)26-20-16-22(31-12-10-30(5)11-13-31)27-19(25-20)15-18-6-8-32(9-7-18)23(33)34-24(2,3)4/h14,16,18H,6-13,15H2,1-5H3,(H2,25,26,27,28,29). The molecule has 4 heterocycles. The van der Waals surface area contributed by atoms with Gasteiger partial charge in [0.15, 0.2) is 5.82 Å². The van der Waals surface area contributed by atoms with Crippen molar-refractivity contribution >= 4 is 23.5 Å². The number of aromatic amines is 1. The van der Waals surface area contributed by atoms with Crippen LogP contribution in [0.4, 0.5) is 22.2 Å². The van der Waals surface area contributed by atoms with Crippen LogP contribution < -0.4 is 10.2 Å². The minimum absolute atomic E-state index is 0.222. The summed E-state index contributed by atoms with van der Waals surface area (Å²) in [6.45, 7) is 13.0. The molecule has 2 aromatic rings. The lowest BCUT2D eigenvalue weighted by molar-refractivity contribution is 0.0184. The quantitative estimate of drug-likeness (QED) is 0.687. The monoisotopic (exact) mass is 470 g/mol. The molecule has 2 N–H and O–H groups in total. The average molecular weight is 471 g/mol. The van der Waals surface area contributed by atoms with E-state index in [9.17, 15) is 4.79 Å². The molecule has 0 unspecified atom stereocenters. The summed E-state index contributed by atoms with van der Waals surface area (Å²) < 4.78 is 5.53. The highest BCUT2D eigenvalue weighted by Gasteiger charge is 2.28. The van der Waals surface area contributed by atoms with Crippen molar-refractivity contribution in [1.82, 2.24) is 30.0 Å². The van der Waals surface area contributed by atoms with Crippen molar-refractivity contribution < 1.29 is 9.53 Å². The summed E-state index contributed by atoms with van der Waals surface area (Å²) in [5.41, 5.74) is 0.523. The molecule has 0 atom stereocenters. The van der Waals surface area contributed by atoms with Crippen molar-refractivity contribution in [2.75, 3.05) is 56.5 Å². The molecule has 0 radical (unpaired) electrons. The number of hydrogen-bond acceptors (Lipinski definition) is 8. The normalized spacial score (nSPS) is 18.3. The number of nitrogens with zero attached hydrogens (tertiary/aromatic N) is 6. The topological polar surface area (TPSA) is 103 Å². The van der Waals surface area contributed by atoms with Crippen LogP contribution in [0.15, 0.2) is 12.1 Å². The molecule has 0 aromatic carbocycles. The Morgan fingerprint density at radius 2 is 1.79 bits per heavy atom. The average Bonchev–Trinajstić information content (AvgIpc) is 3.18. The van der Waals surface area contributed by atoms with Crippen molar-refractivity contribution in [2.24, 2.45) is 5.92 Å². The van der Waals surface area contributed by atoms with Crippen LogP contribution in [0.1, 0.15) is 45.1 Å². The number of piperazine rings is 1. The van der Waals surface area contributed by atoms with Gasteiger partial charge in [-0.1, -0.05) is 0 Å². The summed E-state index contributed by atoms with van der Waals surface area (Å²) in [4.78, 5) is 28.7. The number of likely N-dealkylation sites (N-methyl/N-ethyl adjacent to an activating group) is 1. The van der Waals surface area contributed by atoms with Crippen LogP contribution in [0.3, 0.4) is 0 Å². The predicted octanol–water partition coefficient (Wildman–Crippen LogP) is 3.19. The van der Waals surface area contributed by atoms with E-state index in [0.717, 1.165) is 74.4 Å². The van der Waals surface area contributed by atoms with E-state index in [-0.39, 0.29) is 6.09 Å². The minimum atomic E-state index is -0.471. The van der Waals surface area contributed by atoms with Gasteiger partial charge in [0, 0.05) is 63.5 Å². The van der Waals surface area contributed by atoms with E-state index in [1.165, 1.54) is 0 Å².